The van der Waals surface area contributed by atoms with E-state index in [-0.39, 0.29) is 0 Å². The van der Waals surface area contributed by atoms with Gasteiger partial charge in [0, 0.05) is 6.20 Å². The second-order valence-corrected chi connectivity index (χ2v) is 3.55. The Labute approximate surface area is 118 Å². The summed E-state index contributed by atoms with van der Waals surface area (Å²) < 4.78 is 90.2. The van der Waals surface area contributed by atoms with Crippen LogP contribution < -0.4 is 10.9 Å². The molecule has 0 aromatic heterocycles. The van der Waals surface area contributed by atoms with Gasteiger partial charge in [-0.1, -0.05) is 0 Å². The first-order chi connectivity index (χ1) is 10.1. The largest absolute Gasteiger partial charge is 0.422 e. The molecule has 0 aliphatic rings. The Balaban J connectivity index is 3.29. The number of halogens is 7. The Morgan fingerprint density at radius 2 is 1.36 bits per heavy atom. The van der Waals surface area contributed by atoms with Gasteiger partial charge in [-0.2, -0.15) is 23.7 Å². The van der Waals surface area contributed by atoms with Crippen molar-refractivity contribution in [1.29, 1.82) is 10.5 Å². The number of alkyl halides is 3. The van der Waals surface area contributed by atoms with Gasteiger partial charge in [-0.25, -0.2) is 17.6 Å². The third kappa shape index (κ3) is 3.20. The summed E-state index contributed by atoms with van der Waals surface area (Å²) in [7, 11) is 0. The molecule has 116 valence electrons. The van der Waals surface area contributed by atoms with Crippen LogP contribution in [0.25, 0.3) is 0 Å². The van der Waals surface area contributed by atoms with Crippen LogP contribution in [0.1, 0.15) is 5.56 Å². The maximum Gasteiger partial charge on any atom is 0.422 e. The number of anilines is 1. The predicted molar refractivity (Wildman–Crippen MR) is 57.3 cm³/mol. The van der Waals surface area contributed by atoms with Crippen LogP contribution in [0.5, 0.6) is 0 Å². The molecule has 2 N–H and O–H groups in total. The summed E-state index contributed by atoms with van der Waals surface area (Å²) in [6, 6.07) is 2.66. The van der Waals surface area contributed by atoms with Gasteiger partial charge < -0.3 is 5.43 Å². The molecule has 0 heterocycles. The van der Waals surface area contributed by atoms with Gasteiger partial charge in [-0.15, -0.1) is 0 Å². The Morgan fingerprint density at radius 1 is 0.909 bits per heavy atom. The van der Waals surface area contributed by atoms with Gasteiger partial charge in [-0.3, -0.25) is 5.43 Å². The molecule has 4 nitrogen and oxygen atoms in total. The van der Waals surface area contributed by atoms with Crippen molar-refractivity contribution in [1.82, 2.24) is 5.43 Å². The zero-order valence-electron chi connectivity index (χ0n) is 10.1. The van der Waals surface area contributed by atoms with Crippen molar-refractivity contribution in [3.8, 4) is 12.1 Å². The van der Waals surface area contributed by atoms with E-state index in [0.29, 0.717) is 6.20 Å². The first-order valence-corrected chi connectivity index (χ1v) is 5.10. The molecule has 1 aromatic carbocycles. The fourth-order valence-electron chi connectivity index (χ4n) is 1.26. The number of rotatable bonds is 3. The number of hydrazine groups is 1. The number of nitrogens with zero attached hydrogens (tertiary/aromatic N) is 2. The van der Waals surface area contributed by atoms with Crippen molar-refractivity contribution in [3.05, 3.63) is 40.6 Å². The molecule has 0 saturated carbocycles. The van der Waals surface area contributed by atoms with Crippen molar-refractivity contribution < 1.29 is 30.7 Å². The highest BCUT2D eigenvalue weighted by molar-refractivity contribution is 5.50. The van der Waals surface area contributed by atoms with Gasteiger partial charge >= 0.3 is 6.18 Å². The average molecular weight is 324 g/mol. The quantitative estimate of drug-likeness (QED) is 0.388. The molecule has 0 fully saturated rings. The van der Waals surface area contributed by atoms with Crippen molar-refractivity contribution in [2.24, 2.45) is 0 Å². The third-order valence-corrected chi connectivity index (χ3v) is 2.20. The van der Waals surface area contributed by atoms with E-state index in [4.69, 9.17) is 10.5 Å². The van der Waals surface area contributed by atoms with E-state index in [0.717, 1.165) is 0 Å². The summed E-state index contributed by atoms with van der Waals surface area (Å²) in [4.78, 5) is 0. The van der Waals surface area contributed by atoms with Gasteiger partial charge in [0.05, 0.1) is 0 Å². The van der Waals surface area contributed by atoms with Gasteiger partial charge in [0.15, 0.2) is 23.3 Å². The monoisotopic (exact) mass is 324 g/mol. The number of benzene rings is 1. The van der Waals surface area contributed by atoms with E-state index in [9.17, 15) is 30.7 Å². The zero-order chi connectivity index (χ0) is 17.1. The van der Waals surface area contributed by atoms with Crippen LogP contribution in [-0.2, 0) is 6.18 Å². The molecule has 0 aliphatic carbocycles. The minimum Gasteiger partial charge on any atom is -0.306 e. The summed E-state index contributed by atoms with van der Waals surface area (Å²) in [5.41, 5.74) is -1.62. The number of nitriles is 2. The smallest absolute Gasteiger partial charge is 0.306 e. The van der Waals surface area contributed by atoms with E-state index < -0.39 is 46.3 Å². The zero-order valence-corrected chi connectivity index (χ0v) is 10.1. The average Bonchev–Trinajstić information content (AvgIpc) is 2.43. The molecular weight excluding hydrogens is 321 g/mol. The Hall–Kier alpha value is -2.95. The summed E-state index contributed by atoms with van der Waals surface area (Å²) in [5.74, 6) is -9.94. The first-order valence-electron chi connectivity index (χ1n) is 5.10. The van der Waals surface area contributed by atoms with E-state index in [1.165, 1.54) is 17.6 Å². The second-order valence-electron chi connectivity index (χ2n) is 3.55. The van der Waals surface area contributed by atoms with Gasteiger partial charge in [0.1, 0.15) is 29.0 Å². The Morgan fingerprint density at radius 3 is 1.73 bits per heavy atom. The molecule has 0 spiro atoms. The lowest BCUT2D eigenvalue weighted by Gasteiger charge is -2.14. The van der Waals surface area contributed by atoms with E-state index >= 15 is 0 Å². The molecule has 1 rings (SSSR count). The van der Waals surface area contributed by atoms with Crippen LogP contribution in [-0.4, -0.2) is 0 Å². The highest BCUT2D eigenvalue weighted by Crippen LogP contribution is 2.38. The summed E-state index contributed by atoms with van der Waals surface area (Å²) in [6.45, 7) is 0. The third-order valence-electron chi connectivity index (χ3n) is 2.20. The molecule has 0 atom stereocenters. The maximum atomic E-state index is 13.4. The van der Waals surface area contributed by atoms with Crippen molar-refractivity contribution >= 4 is 5.69 Å². The number of nitrogens with one attached hydrogen (secondary N) is 2. The SMILES string of the molecule is N#CC(C#N)=CNNc1c(F)c(F)c(C(F)(F)F)c(F)c1F. The lowest BCUT2D eigenvalue weighted by atomic mass is 10.1. The normalized spacial score (nSPS) is 10.4. The minimum atomic E-state index is -5.64. The Kier molecular flexibility index (Phi) is 4.83. The lowest BCUT2D eigenvalue weighted by molar-refractivity contribution is -0.143. The van der Waals surface area contributed by atoms with Gasteiger partial charge in [0.2, 0.25) is 0 Å². The molecule has 1 aromatic rings. The predicted octanol–water partition coefficient (Wildman–Crippen LogP) is 3.11. The van der Waals surface area contributed by atoms with Crippen molar-refractivity contribution in [2.45, 2.75) is 6.18 Å². The molecular formula is C11H3F7N4. The van der Waals surface area contributed by atoms with Crippen LogP contribution >= 0.6 is 0 Å². The van der Waals surface area contributed by atoms with Gasteiger partial charge in [0.25, 0.3) is 0 Å². The standard InChI is InChI=1S/C11H3F7N4/c12-6-5(11(16,17)18)7(13)9(15)10(8(6)14)22-21-3-4(1-19)2-20/h3,21-22H. The van der Waals surface area contributed by atoms with Crippen LogP contribution in [0.2, 0.25) is 0 Å². The first kappa shape index (κ1) is 17.1. The second kappa shape index (κ2) is 6.22. The van der Waals surface area contributed by atoms with Crippen LogP contribution in [0, 0.1) is 45.9 Å². The molecule has 0 amide bonds. The molecule has 0 bridgehead atoms. The van der Waals surface area contributed by atoms with Crippen LogP contribution in [0.4, 0.5) is 36.4 Å². The number of hydrogen-bond acceptors (Lipinski definition) is 4. The minimum absolute atomic E-state index is 0.576. The Bertz CT molecular complexity index is 664. The lowest BCUT2D eigenvalue weighted by Crippen LogP contribution is -2.22. The molecule has 22 heavy (non-hydrogen) atoms. The summed E-state index contributed by atoms with van der Waals surface area (Å²) in [5, 5.41) is 16.7. The van der Waals surface area contributed by atoms with E-state index in [2.05, 4.69) is 0 Å². The fraction of sp³-hybridized carbons (Fsp3) is 0.0909. The maximum absolute atomic E-state index is 13.4. The molecule has 0 radical (unpaired) electrons. The molecule has 11 heteroatoms. The fourth-order valence-corrected chi connectivity index (χ4v) is 1.26. The molecule has 0 unspecified atom stereocenters. The topological polar surface area (TPSA) is 71.6 Å². The van der Waals surface area contributed by atoms with Crippen molar-refractivity contribution in [3.63, 3.8) is 0 Å². The number of allylic oxidation sites excluding steroid dienone is 1. The summed E-state index contributed by atoms with van der Waals surface area (Å²) >= 11 is 0. The van der Waals surface area contributed by atoms with Crippen LogP contribution in [0.15, 0.2) is 11.8 Å². The molecule has 0 saturated heterocycles. The number of hydrogen-bond donors (Lipinski definition) is 2. The highest BCUT2D eigenvalue weighted by Gasteiger charge is 2.42. The van der Waals surface area contributed by atoms with E-state index in [1.54, 1.807) is 5.43 Å². The van der Waals surface area contributed by atoms with Gasteiger partial charge in [-0.05, 0) is 0 Å². The summed E-state index contributed by atoms with van der Waals surface area (Å²) in [6.07, 6.45) is -5.07. The van der Waals surface area contributed by atoms with Crippen LogP contribution in [0.3, 0.4) is 0 Å². The molecule has 0 aliphatic heterocycles. The van der Waals surface area contributed by atoms with Crippen molar-refractivity contribution in [2.75, 3.05) is 5.43 Å². The van der Waals surface area contributed by atoms with E-state index in [1.807, 2.05) is 0 Å². The highest BCUT2D eigenvalue weighted by atomic mass is 19.4.